The monoisotopic (exact) mass is 238 g/mol. The maximum atomic E-state index is 12.0. The molecular formula is C13H22N2O2. The Morgan fingerprint density at radius 2 is 2.12 bits per heavy atom. The summed E-state index contributed by atoms with van der Waals surface area (Å²) in [7, 11) is 0. The van der Waals surface area contributed by atoms with E-state index in [0.717, 1.165) is 32.1 Å². The highest BCUT2D eigenvalue weighted by molar-refractivity contribution is 5.85. The SMILES string of the molecule is CCC(C)(C#N)C(=O)NC1CCCCCC1O. The highest BCUT2D eigenvalue weighted by Crippen LogP contribution is 2.23. The number of nitrogens with one attached hydrogen (secondary N) is 1. The molecule has 3 unspecified atom stereocenters. The van der Waals surface area contributed by atoms with E-state index in [1.54, 1.807) is 6.92 Å². The van der Waals surface area contributed by atoms with Crippen molar-refractivity contribution in [2.75, 3.05) is 0 Å². The summed E-state index contributed by atoms with van der Waals surface area (Å²) in [6.07, 6.45) is 4.69. The third-order valence-corrected chi connectivity index (χ3v) is 3.75. The normalized spacial score (nSPS) is 28.6. The van der Waals surface area contributed by atoms with Gasteiger partial charge in [-0.1, -0.05) is 26.2 Å². The van der Waals surface area contributed by atoms with Crippen LogP contribution >= 0.6 is 0 Å². The highest BCUT2D eigenvalue weighted by Gasteiger charge is 2.34. The average molecular weight is 238 g/mol. The molecule has 96 valence electrons. The third-order valence-electron chi connectivity index (χ3n) is 3.75. The number of hydrogen-bond acceptors (Lipinski definition) is 3. The molecule has 0 heterocycles. The summed E-state index contributed by atoms with van der Waals surface area (Å²) >= 11 is 0. The van der Waals surface area contributed by atoms with Crippen LogP contribution in [0.4, 0.5) is 0 Å². The number of hydrogen-bond donors (Lipinski definition) is 2. The fourth-order valence-corrected chi connectivity index (χ4v) is 2.07. The summed E-state index contributed by atoms with van der Waals surface area (Å²) in [5.74, 6) is -0.256. The third kappa shape index (κ3) is 3.44. The van der Waals surface area contributed by atoms with Gasteiger partial charge in [0.15, 0.2) is 0 Å². The number of nitrogens with zero attached hydrogens (tertiary/aromatic N) is 1. The number of rotatable bonds is 3. The molecule has 4 nitrogen and oxygen atoms in total. The summed E-state index contributed by atoms with van der Waals surface area (Å²) in [5, 5.41) is 21.8. The Bertz CT molecular complexity index is 311. The van der Waals surface area contributed by atoms with Crippen molar-refractivity contribution >= 4 is 5.91 Å². The molecule has 1 fully saturated rings. The van der Waals surface area contributed by atoms with Gasteiger partial charge in [0, 0.05) is 0 Å². The molecule has 1 rings (SSSR count). The van der Waals surface area contributed by atoms with E-state index in [0.29, 0.717) is 6.42 Å². The molecule has 0 aliphatic heterocycles. The Kier molecular flexibility index (Phi) is 4.95. The molecule has 0 aromatic rings. The van der Waals surface area contributed by atoms with E-state index >= 15 is 0 Å². The zero-order valence-corrected chi connectivity index (χ0v) is 10.7. The van der Waals surface area contributed by atoms with Gasteiger partial charge < -0.3 is 10.4 Å². The highest BCUT2D eigenvalue weighted by atomic mass is 16.3. The van der Waals surface area contributed by atoms with Gasteiger partial charge in [0.1, 0.15) is 5.41 Å². The van der Waals surface area contributed by atoms with Gasteiger partial charge in [-0.15, -0.1) is 0 Å². The number of aliphatic hydroxyl groups excluding tert-OH is 1. The van der Waals surface area contributed by atoms with Crippen LogP contribution in [0.2, 0.25) is 0 Å². The molecule has 1 aliphatic carbocycles. The maximum absolute atomic E-state index is 12.0. The summed E-state index contributed by atoms with van der Waals surface area (Å²) in [4.78, 5) is 12.0. The van der Waals surface area contributed by atoms with Crippen molar-refractivity contribution in [2.24, 2.45) is 5.41 Å². The smallest absolute Gasteiger partial charge is 0.240 e. The van der Waals surface area contributed by atoms with Crippen LogP contribution in [0, 0.1) is 16.7 Å². The first-order chi connectivity index (χ1) is 8.03. The number of aliphatic hydroxyl groups is 1. The fourth-order valence-electron chi connectivity index (χ4n) is 2.07. The predicted molar refractivity (Wildman–Crippen MR) is 65.0 cm³/mol. The summed E-state index contributed by atoms with van der Waals surface area (Å²) in [6.45, 7) is 3.47. The summed E-state index contributed by atoms with van der Waals surface area (Å²) < 4.78 is 0. The van der Waals surface area contributed by atoms with Gasteiger partial charge in [-0.2, -0.15) is 5.26 Å². The minimum absolute atomic E-state index is 0.191. The van der Waals surface area contributed by atoms with Gasteiger partial charge in [0.2, 0.25) is 5.91 Å². The number of carbonyl (C=O) groups excluding carboxylic acids is 1. The molecule has 1 amide bonds. The van der Waals surface area contributed by atoms with Crippen LogP contribution in [-0.2, 0) is 4.79 Å². The standard InChI is InChI=1S/C13H22N2O2/c1-3-13(2,9-14)12(17)15-10-7-5-4-6-8-11(10)16/h10-11,16H,3-8H2,1-2H3,(H,15,17). The first-order valence-corrected chi connectivity index (χ1v) is 6.44. The lowest BCUT2D eigenvalue weighted by Gasteiger charge is -2.26. The minimum Gasteiger partial charge on any atom is -0.391 e. The quantitative estimate of drug-likeness (QED) is 0.735. The molecule has 3 atom stereocenters. The number of carbonyl (C=O) groups is 1. The molecule has 0 spiro atoms. The van der Waals surface area contributed by atoms with E-state index in [2.05, 4.69) is 11.4 Å². The van der Waals surface area contributed by atoms with E-state index in [1.807, 2.05) is 6.92 Å². The van der Waals surface area contributed by atoms with Gasteiger partial charge in [-0.05, 0) is 26.2 Å². The molecule has 0 radical (unpaired) electrons. The van der Waals surface area contributed by atoms with E-state index in [-0.39, 0.29) is 11.9 Å². The number of nitriles is 1. The zero-order valence-electron chi connectivity index (χ0n) is 10.7. The Hall–Kier alpha value is -1.08. The Morgan fingerprint density at radius 3 is 2.71 bits per heavy atom. The number of amides is 1. The second-order valence-corrected chi connectivity index (χ2v) is 5.08. The van der Waals surface area contributed by atoms with Crippen molar-refractivity contribution in [3.05, 3.63) is 0 Å². The Morgan fingerprint density at radius 1 is 1.47 bits per heavy atom. The zero-order chi connectivity index (χ0) is 12.9. The van der Waals surface area contributed by atoms with E-state index < -0.39 is 11.5 Å². The van der Waals surface area contributed by atoms with Gasteiger partial charge in [-0.25, -0.2) is 0 Å². The molecule has 0 aromatic heterocycles. The van der Waals surface area contributed by atoms with Crippen molar-refractivity contribution in [3.8, 4) is 6.07 Å². The van der Waals surface area contributed by atoms with Gasteiger partial charge >= 0.3 is 0 Å². The maximum Gasteiger partial charge on any atom is 0.240 e. The largest absolute Gasteiger partial charge is 0.391 e. The van der Waals surface area contributed by atoms with Crippen LogP contribution in [0.1, 0.15) is 52.4 Å². The van der Waals surface area contributed by atoms with Gasteiger partial charge in [-0.3, -0.25) is 4.79 Å². The van der Waals surface area contributed by atoms with Crippen molar-refractivity contribution in [1.82, 2.24) is 5.32 Å². The Balaban J connectivity index is 2.63. The molecule has 4 heteroatoms. The molecule has 0 bridgehead atoms. The van der Waals surface area contributed by atoms with E-state index in [4.69, 9.17) is 5.26 Å². The minimum atomic E-state index is -0.980. The first kappa shape index (κ1) is 14.0. The van der Waals surface area contributed by atoms with Crippen LogP contribution in [0.15, 0.2) is 0 Å². The lowest BCUT2D eigenvalue weighted by Crippen LogP contribution is -2.48. The second-order valence-electron chi connectivity index (χ2n) is 5.08. The summed E-state index contributed by atoms with van der Waals surface area (Å²) in [5.41, 5.74) is -0.980. The van der Waals surface area contributed by atoms with Gasteiger partial charge in [0.05, 0.1) is 18.2 Å². The van der Waals surface area contributed by atoms with Crippen molar-refractivity contribution < 1.29 is 9.90 Å². The first-order valence-electron chi connectivity index (χ1n) is 6.44. The van der Waals surface area contributed by atoms with Crippen LogP contribution in [0.3, 0.4) is 0 Å². The average Bonchev–Trinajstić information content (AvgIpc) is 2.54. The van der Waals surface area contributed by atoms with Crippen molar-refractivity contribution in [1.29, 1.82) is 5.26 Å². The molecule has 0 saturated heterocycles. The van der Waals surface area contributed by atoms with Gasteiger partial charge in [0.25, 0.3) is 0 Å². The Labute approximate surface area is 103 Å². The van der Waals surface area contributed by atoms with Crippen LogP contribution in [0.25, 0.3) is 0 Å². The molecular weight excluding hydrogens is 216 g/mol. The van der Waals surface area contributed by atoms with E-state index in [1.165, 1.54) is 0 Å². The van der Waals surface area contributed by atoms with Crippen LogP contribution < -0.4 is 5.32 Å². The lowest BCUT2D eigenvalue weighted by molar-refractivity contribution is -0.129. The van der Waals surface area contributed by atoms with E-state index in [9.17, 15) is 9.90 Å². The predicted octanol–water partition coefficient (Wildman–Crippen LogP) is 1.74. The molecule has 0 aromatic carbocycles. The molecule has 2 N–H and O–H groups in total. The molecule has 1 aliphatic rings. The molecule has 1 saturated carbocycles. The van der Waals surface area contributed by atoms with Crippen molar-refractivity contribution in [3.63, 3.8) is 0 Å². The lowest BCUT2D eigenvalue weighted by atomic mass is 9.87. The van der Waals surface area contributed by atoms with Crippen molar-refractivity contribution in [2.45, 2.75) is 64.5 Å². The summed E-state index contributed by atoms with van der Waals surface area (Å²) in [6, 6.07) is 1.86. The fraction of sp³-hybridized carbons (Fsp3) is 0.846. The second kappa shape index (κ2) is 6.02. The topological polar surface area (TPSA) is 73.1 Å². The van der Waals surface area contributed by atoms with Crippen LogP contribution in [-0.4, -0.2) is 23.2 Å². The molecule has 17 heavy (non-hydrogen) atoms. The van der Waals surface area contributed by atoms with Crippen LogP contribution in [0.5, 0.6) is 0 Å².